The Morgan fingerprint density at radius 3 is 1.28 bits per heavy atom. The summed E-state index contributed by atoms with van der Waals surface area (Å²) >= 11 is 3.75. The fourth-order valence-electron chi connectivity index (χ4n) is 4.38. The molecule has 0 saturated heterocycles. The molecule has 0 heterocycles. The highest BCUT2D eigenvalue weighted by Crippen LogP contribution is 2.49. The summed E-state index contributed by atoms with van der Waals surface area (Å²) in [6.45, 7) is 0. The summed E-state index contributed by atoms with van der Waals surface area (Å²) in [5, 5.41) is 13.2. The Hall–Kier alpha value is -3.85. The number of hydrogen-bond acceptors (Lipinski definition) is 7. The van der Waals surface area contributed by atoms with E-state index in [-0.39, 0.29) is 5.56 Å². The first kappa shape index (κ1) is 25.2. The van der Waals surface area contributed by atoms with Gasteiger partial charge < -0.3 is 33.5 Å². The largest absolute Gasteiger partial charge is 0.493 e. The third-order valence-electron chi connectivity index (χ3n) is 6.08. The van der Waals surface area contributed by atoms with Crippen LogP contribution in [-0.2, 0) is 0 Å². The average Bonchev–Trinajstić information content (AvgIpc) is 2.91. The van der Waals surface area contributed by atoms with E-state index in [2.05, 4.69) is 15.9 Å². The standard InChI is InChI=1S/C27H25BrO8/c1-31-19-7-13-16(10-22(19)34-4)26(28)17-11-23(35-5)20(32-2)8-14(17)25(13)15-9-21(33-3)24(36-6)12-18(15)27(29)30/h7-12H,1-6H3,(H,29,30). The van der Waals surface area contributed by atoms with Crippen molar-refractivity contribution in [3.8, 4) is 45.6 Å². The van der Waals surface area contributed by atoms with Gasteiger partial charge in [-0.05, 0) is 68.7 Å². The molecule has 1 N–H and O–H groups in total. The smallest absolute Gasteiger partial charge is 0.336 e. The molecule has 0 saturated carbocycles. The predicted molar refractivity (Wildman–Crippen MR) is 141 cm³/mol. The Kier molecular flexibility index (Phi) is 7.03. The average molecular weight is 557 g/mol. The molecule has 0 aliphatic carbocycles. The van der Waals surface area contributed by atoms with E-state index in [1.165, 1.54) is 20.3 Å². The third kappa shape index (κ3) is 3.99. The quantitative estimate of drug-likeness (QED) is 0.257. The lowest BCUT2D eigenvalue weighted by atomic mass is 9.88. The predicted octanol–water partition coefficient (Wildman–Crippen LogP) is 6.17. The van der Waals surface area contributed by atoms with Crippen molar-refractivity contribution < 1.29 is 38.3 Å². The summed E-state index contributed by atoms with van der Waals surface area (Å²) in [4.78, 5) is 12.5. The second-order valence-electron chi connectivity index (χ2n) is 7.75. The van der Waals surface area contributed by atoms with Crippen molar-refractivity contribution in [2.75, 3.05) is 42.7 Å². The molecule has 0 aliphatic heterocycles. The van der Waals surface area contributed by atoms with Crippen LogP contribution in [0.1, 0.15) is 10.4 Å². The van der Waals surface area contributed by atoms with Gasteiger partial charge in [-0.1, -0.05) is 0 Å². The first-order chi connectivity index (χ1) is 17.3. The molecule has 0 amide bonds. The van der Waals surface area contributed by atoms with Crippen molar-refractivity contribution in [2.45, 2.75) is 0 Å². The first-order valence-electron chi connectivity index (χ1n) is 10.8. The highest BCUT2D eigenvalue weighted by molar-refractivity contribution is 9.10. The molecular formula is C27H25BrO8. The van der Waals surface area contributed by atoms with Crippen LogP contribution >= 0.6 is 15.9 Å². The minimum atomic E-state index is -1.11. The Balaban J connectivity index is 2.32. The highest BCUT2D eigenvalue weighted by Gasteiger charge is 2.25. The summed E-state index contributed by atoms with van der Waals surface area (Å²) in [7, 11) is 9.18. The SMILES string of the molecule is COc1cc(C(=O)O)c(-c2c3cc(OC)c(OC)cc3c(Br)c3cc(OC)c(OC)cc23)cc1OC. The number of hydrogen-bond donors (Lipinski definition) is 1. The summed E-state index contributed by atoms with van der Waals surface area (Å²) < 4.78 is 33.9. The van der Waals surface area contributed by atoms with Gasteiger partial charge in [0.25, 0.3) is 0 Å². The van der Waals surface area contributed by atoms with Crippen LogP contribution in [0.4, 0.5) is 0 Å². The van der Waals surface area contributed by atoms with Crippen LogP contribution in [0.15, 0.2) is 40.9 Å². The van der Waals surface area contributed by atoms with Crippen molar-refractivity contribution in [3.05, 3.63) is 46.4 Å². The second kappa shape index (κ2) is 10.0. The lowest BCUT2D eigenvalue weighted by Crippen LogP contribution is -2.03. The third-order valence-corrected chi connectivity index (χ3v) is 6.94. The summed E-state index contributed by atoms with van der Waals surface area (Å²) in [5.41, 5.74) is 1.12. The van der Waals surface area contributed by atoms with Gasteiger partial charge in [0, 0.05) is 20.8 Å². The maximum absolute atomic E-state index is 12.5. The van der Waals surface area contributed by atoms with Crippen LogP contribution < -0.4 is 28.4 Å². The minimum absolute atomic E-state index is 0.0437. The Labute approximate surface area is 216 Å². The van der Waals surface area contributed by atoms with Crippen molar-refractivity contribution in [2.24, 2.45) is 0 Å². The zero-order valence-electron chi connectivity index (χ0n) is 20.6. The zero-order chi connectivity index (χ0) is 26.1. The van der Waals surface area contributed by atoms with Crippen molar-refractivity contribution in [1.29, 1.82) is 0 Å². The number of ether oxygens (including phenoxy) is 6. The Morgan fingerprint density at radius 2 is 0.917 bits per heavy atom. The fourth-order valence-corrected chi connectivity index (χ4v) is 5.03. The van der Waals surface area contributed by atoms with Gasteiger partial charge in [-0.25, -0.2) is 4.79 Å². The maximum Gasteiger partial charge on any atom is 0.336 e. The first-order valence-corrected chi connectivity index (χ1v) is 11.5. The molecule has 0 spiro atoms. The monoisotopic (exact) mass is 556 g/mol. The fraction of sp³-hybridized carbons (Fsp3) is 0.222. The van der Waals surface area contributed by atoms with Gasteiger partial charge >= 0.3 is 5.97 Å². The molecule has 4 rings (SSSR count). The van der Waals surface area contributed by atoms with E-state index in [9.17, 15) is 9.90 Å². The lowest BCUT2D eigenvalue weighted by molar-refractivity contribution is 0.0697. The molecule has 0 bridgehead atoms. The van der Waals surface area contributed by atoms with Gasteiger partial charge in [0.05, 0.1) is 48.2 Å². The molecule has 188 valence electrons. The molecule has 8 nitrogen and oxygen atoms in total. The Morgan fingerprint density at radius 1 is 0.583 bits per heavy atom. The highest BCUT2D eigenvalue weighted by atomic mass is 79.9. The van der Waals surface area contributed by atoms with Gasteiger partial charge in [-0.15, -0.1) is 0 Å². The van der Waals surface area contributed by atoms with E-state index in [1.807, 2.05) is 24.3 Å². The summed E-state index contributed by atoms with van der Waals surface area (Å²) in [6.07, 6.45) is 0. The number of fused-ring (bicyclic) bond motifs is 2. The molecule has 0 unspecified atom stereocenters. The van der Waals surface area contributed by atoms with Crippen molar-refractivity contribution in [3.63, 3.8) is 0 Å². The van der Waals surface area contributed by atoms with Crippen LogP contribution in [0.2, 0.25) is 0 Å². The molecule has 0 fully saturated rings. The topological polar surface area (TPSA) is 92.7 Å². The summed E-state index contributed by atoms with van der Waals surface area (Å²) in [5.74, 6) is 1.64. The summed E-state index contributed by atoms with van der Waals surface area (Å²) in [6, 6.07) is 10.5. The van der Waals surface area contributed by atoms with E-state index in [0.717, 1.165) is 26.0 Å². The molecule has 0 aliphatic rings. The van der Waals surface area contributed by atoms with Crippen LogP contribution in [0, 0.1) is 0 Å². The van der Waals surface area contributed by atoms with E-state index in [1.54, 1.807) is 34.5 Å². The number of benzene rings is 4. The second-order valence-corrected chi connectivity index (χ2v) is 8.55. The number of methoxy groups -OCH3 is 6. The molecule has 36 heavy (non-hydrogen) atoms. The van der Waals surface area contributed by atoms with E-state index in [0.29, 0.717) is 45.6 Å². The molecular weight excluding hydrogens is 532 g/mol. The van der Waals surface area contributed by atoms with Gasteiger partial charge in [-0.3, -0.25) is 0 Å². The molecule has 0 aromatic heterocycles. The van der Waals surface area contributed by atoms with Crippen LogP contribution in [0.25, 0.3) is 32.7 Å². The molecule has 0 radical (unpaired) electrons. The van der Waals surface area contributed by atoms with Crippen LogP contribution in [-0.4, -0.2) is 53.7 Å². The van der Waals surface area contributed by atoms with Gasteiger partial charge in [0.2, 0.25) is 0 Å². The molecule has 0 atom stereocenters. The molecule has 9 heteroatoms. The Bertz CT molecular complexity index is 1420. The van der Waals surface area contributed by atoms with Crippen LogP contribution in [0.3, 0.4) is 0 Å². The van der Waals surface area contributed by atoms with E-state index < -0.39 is 5.97 Å². The number of halogens is 1. The van der Waals surface area contributed by atoms with Gasteiger partial charge in [0.15, 0.2) is 34.5 Å². The maximum atomic E-state index is 12.5. The normalized spacial score (nSPS) is 10.9. The van der Waals surface area contributed by atoms with Crippen molar-refractivity contribution in [1.82, 2.24) is 0 Å². The van der Waals surface area contributed by atoms with Gasteiger partial charge in [0.1, 0.15) is 0 Å². The minimum Gasteiger partial charge on any atom is -0.493 e. The number of rotatable bonds is 8. The number of carboxylic acids is 1. The molecule has 4 aromatic rings. The van der Waals surface area contributed by atoms with Crippen LogP contribution in [0.5, 0.6) is 34.5 Å². The zero-order valence-corrected chi connectivity index (χ0v) is 22.2. The molecule has 4 aromatic carbocycles. The number of carboxylic acid groups (broad SMARTS) is 1. The number of aromatic carboxylic acids is 1. The van der Waals surface area contributed by atoms with E-state index in [4.69, 9.17) is 28.4 Å². The number of carbonyl (C=O) groups is 1. The van der Waals surface area contributed by atoms with Gasteiger partial charge in [-0.2, -0.15) is 0 Å². The lowest BCUT2D eigenvalue weighted by Gasteiger charge is -2.20. The van der Waals surface area contributed by atoms with Crippen molar-refractivity contribution >= 4 is 43.4 Å². The van der Waals surface area contributed by atoms with E-state index >= 15 is 0 Å².